The zero-order valence-electron chi connectivity index (χ0n) is 15.5. The first-order chi connectivity index (χ1) is 13.2. The number of aromatic nitrogens is 1. The molecule has 27 heavy (non-hydrogen) atoms. The van der Waals surface area contributed by atoms with Crippen molar-refractivity contribution in [3.63, 3.8) is 0 Å². The van der Waals surface area contributed by atoms with E-state index < -0.39 is 0 Å². The van der Waals surface area contributed by atoms with Crippen LogP contribution in [0.2, 0.25) is 0 Å². The number of halogens is 1. The van der Waals surface area contributed by atoms with Gasteiger partial charge in [-0.1, -0.05) is 12.1 Å². The number of hydrogen-bond acceptors (Lipinski definition) is 4. The molecule has 2 aromatic rings. The Morgan fingerprint density at radius 2 is 2.19 bits per heavy atom. The second-order valence-corrected chi connectivity index (χ2v) is 7.60. The van der Waals surface area contributed by atoms with Crippen molar-refractivity contribution in [1.82, 2.24) is 10.3 Å². The Bertz CT molecular complexity index is 748. The van der Waals surface area contributed by atoms with E-state index in [4.69, 9.17) is 9.47 Å². The van der Waals surface area contributed by atoms with Gasteiger partial charge in [-0.25, -0.2) is 0 Å². The molecule has 0 saturated carbocycles. The first kappa shape index (κ1) is 19.8. The molecular formula is C21H25BrN2O3. The van der Waals surface area contributed by atoms with Crippen molar-refractivity contribution in [3.05, 3.63) is 58.3 Å². The van der Waals surface area contributed by atoms with Crippen LogP contribution in [0.1, 0.15) is 36.4 Å². The molecule has 1 aromatic heterocycles. The number of aryl methyl sites for hydroxylation is 1. The van der Waals surface area contributed by atoms with Crippen molar-refractivity contribution in [2.45, 2.75) is 31.7 Å². The Balaban J connectivity index is 1.63. The van der Waals surface area contributed by atoms with E-state index in [9.17, 15) is 4.79 Å². The minimum absolute atomic E-state index is 0.0160. The summed E-state index contributed by atoms with van der Waals surface area (Å²) in [7, 11) is 1.64. The lowest BCUT2D eigenvalue weighted by Crippen LogP contribution is -2.36. The third kappa shape index (κ3) is 5.53. The van der Waals surface area contributed by atoms with Gasteiger partial charge in [0.25, 0.3) is 0 Å². The van der Waals surface area contributed by atoms with Gasteiger partial charge in [-0.2, -0.15) is 0 Å². The maximum absolute atomic E-state index is 12.7. The summed E-state index contributed by atoms with van der Waals surface area (Å²) in [4.78, 5) is 16.9. The highest BCUT2D eigenvalue weighted by atomic mass is 79.9. The molecule has 0 spiro atoms. The van der Waals surface area contributed by atoms with E-state index in [-0.39, 0.29) is 11.9 Å². The van der Waals surface area contributed by atoms with Gasteiger partial charge in [0.1, 0.15) is 5.75 Å². The second-order valence-electron chi connectivity index (χ2n) is 6.75. The lowest BCUT2D eigenvalue weighted by atomic mass is 9.87. The van der Waals surface area contributed by atoms with Crippen LogP contribution in [0.3, 0.4) is 0 Å². The molecule has 1 unspecified atom stereocenters. The van der Waals surface area contributed by atoms with Crippen molar-refractivity contribution in [3.8, 4) is 5.75 Å². The molecule has 1 fully saturated rings. The smallest absolute Gasteiger partial charge is 0.220 e. The summed E-state index contributed by atoms with van der Waals surface area (Å²) in [5, 5.41) is 3.24. The molecule has 1 atom stereocenters. The normalized spacial score (nSPS) is 15.9. The summed E-state index contributed by atoms with van der Waals surface area (Å²) in [6.07, 6.45) is 6.63. The van der Waals surface area contributed by atoms with E-state index in [0.29, 0.717) is 18.8 Å². The number of pyridine rings is 1. The minimum Gasteiger partial charge on any atom is -0.496 e. The Morgan fingerprint density at radius 3 is 2.85 bits per heavy atom. The fourth-order valence-corrected chi connectivity index (χ4v) is 4.04. The summed E-state index contributed by atoms with van der Waals surface area (Å²) < 4.78 is 11.6. The van der Waals surface area contributed by atoms with Crippen LogP contribution in [-0.2, 0) is 16.0 Å². The van der Waals surface area contributed by atoms with Crippen molar-refractivity contribution < 1.29 is 14.3 Å². The van der Waals surface area contributed by atoms with Gasteiger partial charge in [0.2, 0.25) is 5.91 Å². The van der Waals surface area contributed by atoms with Gasteiger partial charge >= 0.3 is 0 Å². The van der Waals surface area contributed by atoms with E-state index in [1.54, 1.807) is 13.3 Å². The van der Waals surface area contributed by atoms with Gasteiger partial charge in [0, 0.05) is 32.0 Å². The van der Waals surface area contributed by atoms with Crippen LogP contribution in [0.25, 0.3) is 0 Å². The van der Waals surface area contributed by atoms with E-state index in [1.807, 2.05) is 36.5 Å². The van der Waals surface area contributed by atoms with Crippen LogP contribution in [0.5, 0.6) is 5.75 Å². The van der Waals surface area contributed by atoms with Gasteiger partial charge in [-0.15, -0.1) is 0 Å². The minimum atomic E-state index is -0.0160. The average molecular weight is 433 g/mol. The quantitative estimate of drug-likeness (QED) is 0.715. The molecule has 1 aromatic carbocycles. The van der Waals surface area contributed by atoms with Crippen LogP contribution in [0, 0.1) is 5.92 Å². The summed E-state index contributed by atoms with van der Waals surface area (Å²) in [6.45, 7) is 1.49. The number of carbonyl (C=O) groups excluding carboxylic acids is 1. The maximum Gasteiger partial charge on any atom is 0.220 e. The average Bonchev–Trinajstić information content (AvgIpc) is 2.72. The first-order valence-corrected chi connectivity index (χ1v) is 10.1. The van der Waals surface area contributed by atoms with E-state index in [2.05, 4.69) is 26.2 Å². The molecule has 0 aliphatic carbocycles. The Kier molecular flexibility index (Phi) is 7.24. The molecular weight excluding hydrogens is 408 g/mol. The third-order valence-corrected chi connectivity index (χ3v) is 5.57. The van der Waals surface area contributed by atoms with Crippen LogP contribution in [0.4, 0.5) is 0 Å². The number of benzene rings is 1. The molecule has 1 saturated heterocycles. The van der Waals surface area contributed by atoms with Gasteiger partial charge in [0.15, 0.2) is 0 Å². The molecule has 5 nitrogen and oxygen atoms in total. The number of ether oxygens (including phenoxy) is 2. The van der Waals surface area contributed by atoms with Crippen LogP contribution in [-0.4, -0.2) is 31.2 Å². The molecule has 6 heteroatoms. The Labute approximate surface area is 168 Å². The molecule has 1 aliphatic heterocycles. The van der Waals surface area contributed by atoms with Crippen LogP contribution < -0.4 is 10.1 Å². The lowest BCUT2D eigenvalue weighted by Gasteiger charge is -2.31. The summed E-state index contributed by atoms with van der Waals surface area (Å²) in [5.41, 5.74) is 2.16. The highest BCUT2D eigenvalue weighted by molar-refractivity contribution is 9.10. The highest BCUT2D eigenvalue weighted by Gasteiger charge is 2.27. The highest BCUT2D eigenvalue weighted by Crippen LogP contribution is 2.30. The zero-order valence-corrected chi connectivity index (χ0v) is 17.1. The molecule has 2 heterocycles. The second kappa shape index (κ2) is 9.85. The summed E-state index contributed by atoms with van der Waals surface area (Å²) in [5.74, 6) is 1.23. The van der Waals surface area contributed by atoms with Crippen molar-refractivity contribution in [1.29, 1.82) is 0 Å². The largest absolute Gasteiger partial charge is 0.496 e. The number of hydrogen-bond donors (Lipinski definition) is 1. The maximum atomic E-state index is 12.7. The Hall–Kier alpha value is -1.92. The number of nitrogens with zero attached hydrogens (tertiary/aromatic N) is 1. The Morgan fingerprint density at radius 1 is 1.37 bits per heavy atom. The number of methoxy groups -OCH3 is 1. The standard InChI is InChI=1S/C21H25BrN2O3/c1-26-19-6-4-15(13-18(19)22)5-7-20(25)24-21(16-8-11-27-12-9-16)17-3-2-10-23-14-17/h2-4,6,10,13-14,16,21H,5,7-9,11-12H2,1H3,(H,24,25). The van der Waals surface area contributed by atoms with E-state index in [0.717, 1.165) is 47.4 Å². The monoisotopic (exact) mass is 432 g/mol. The molecule has 0 bridgehead atoms. The predicted octanol–water partition coefficient (Wildman–Crippen LogP) is 4.07. The zero-order chi connectivity index (χ0) is 19.1. The van der Waals surface area contributed by atoms with E-state index in [1.165, 1.54) is 0 Å². The molecule has 1 N–H and O–H groups in total. The third-order valence-electron chi connectivity index (χ3n) is 4.95. The van der Waals surface area contributed by atoms with Crippen molar-refractivity contribution in [2.75, 3.05) is 20.3 Å². The van der Waals surface area contributed by atoms with Crippen LogP contribution >= 0.6 is 15.9 Å². The first-order valence-electron chi connectivity index (χ1n) is 9.27. The summed E-state index contributed by atoms with van der Waals surface area (Å²) in [6, 6.07) is 9.85. The number of nitrogens with one attached hydrogen (secondary N) is 1. The predicted molar refractivity (Wildman–Crippen MR) is 108 cm³/mol. The van der Waals surface area contributed by atoms with Gasteiger partial charge < -0.3 is 14.8 Å². The van der Waals surface area contributed by atoms with Crippen molar-refractivity contribution in [2.24, 2.45) is 5.92 Å². The van der Waals surface area contributed by atoms with Gasteiger partial charge in [-0.05, 0) is 70.4 Å². The van der Waals surface area contributed by atoms with Gasteiger partial charge in [-0.3, -0.25) is 9.78 Å². The molecule has 144 valence electrons. The number of amides is 1. The number of rotatable bonds is 7. The lowest BCUT2D eigenvalue weighted by molar-refractivity contribution is -0.122. The fourth-order valence-electron chi connectivity index (χ4n) is 3.45. The molecule has 3 rings (SSSR count). The van der Waals surface area contributed by atoms with Crippen molar-refractivity contribution >= 4 is 21.8 Å². The number of carbonyl (C=O) groups is 1. The van der Waals surface area contributed by atoms with Crippen LogP contribution in [0.15, 0.2) is 47.2 Å². The SMILES string of the molecule is COc1ccc(CCC(=O)NC(c2cccnc2)C2CCOCC2)cc1Br. The van der Waals surface area contributed by atoms with Gasteiger partial charge in [0.05, 0.1) is 17.6 Å². The molecule has 0 radical (unpaired) electrons. The molecule has 1 amide bonds. The van der Waals surface area contributed by atoms with E-state index >= 15 is 0 Å². The molecule has 1 aliphatic rings. The summed E-state index contributed by atoms with van der Waals surface area (Å²) >= 11 is 3.49. The fraction of sp³-hybridized carbons (Fsp3) is 0.429. The topological polar surface area (TPSA) is 60.5 Å².